The third-order valence-electron chi connectivity index (χ3n) is 4.10. The first-order valence-electron chi connectivity index (χ1n) is 7.37. The lowest BCUT2D eigenvalue weighted by atomic mass is 9.75. The normalized spacial score (nSPS) is 17.9. The van der Waals surface area contributed by atoms with Gasteiger partial charge in [0.1, 0.15) is 0 Å². The van der Waals surface area contributed by atoms with Crippen LogP contribution in [0.2, 0.25) is 10.0 Å². The lowest BCUT2D eigenvalue weighted by Gasteiger charge is -2.38. The Morgan fingerprint density at radius 1 is 1.24 bits per heavy atom. The van der Waals surface area contributed by atoms with E-state index in [9.17, 15) is 0 Å². The molecule has 0 aromatic heterocycles. The molecule has 1 aromatic rings. The van der Waals surface area contributed by atoms with Gasteiger partial charge in [0, 0.05) is 33.4 Å². The third kappa shape index (κ3) is 5.11. The summed E-state index contributed by atoms with van der Waals surface area (Å²) in [6, 6.07) is 5.93. The molecule has 2 rings (SSSR count). The van der Waals surface area contributed by atoms with Crippen molar-refractivity contribution in [3.05, 3.63) is 33.8 Å². The Balaban J connectivity index is 2.02. The average Bonchev–Trinajstić information content (AvgIpc) is 2.49. The van der Waals surface area contributed by atoms with E-state index in [1.54, 1.807) is 7.11 Å². The van der Waals surface area contributed by atoms with Crippen LogP contribution in [0, 0.1) is 5.41 Å². The van der Waals surface area contributed by atoms with E-state index in [-0.39, 0.29) is 5.41 Å². The number of hydrogen-bond acceptors (Lipinski definition) is 3. The molecule has 0 aliphatic carbocycles. The summed E-state index contributed by atoms with van der Waals surface area (Å²) in [7, 11) is 1.72. The maximum atomic E-state index is 6.13. The summed E-state index contributed by atoms with van der Waals surface area (Å²) in [5.74, 6) is 0. The van der Waals surface area contributed by atoms with E-state index < -0.39 is 0 Å². The molecule has 1 N–H and O–H groups in total. The van der Waals surface area contributed by atoms with Gasteiger partial charge in [-0.25, -0.2) is 0 Å². The summed E-state index contributed by atoms with van der Waals surface area (Å²) in [5, 5.41) is 4.74. The van der Waals surface area contributed by atoms with Crippen molar-refractivity contribution < 1.29 is 9.47 Å². The second kappa shape index (κ2) is 8.35. The second-order valence-electron chi connectivity index (χ2n) is 5.71. The molecule has 1 aliphatic heterocycles. The number of methoxy groups -OCH3 is 1. The Labute approximate surface area is 136 Å². The minimum absolute atomic E-state index is 0.225. The largest absolute Gasteiger partial charge is 0.383 e. The van der Waals surface area contributed by atoms with Crippen molar-refractivity contribution in [1.29, 1.82) is 0 Å². The van der Waals surface area contributed by atoms with Gasteiger partial charge in [-0.15, -0.1) is 0 Å². The van der Waals surface area contributed by atoms with Crippen molar-refractivity contribution in [3.63, 3.8) is 0 Å². The number of hydrogen-bond donors (Lipinski definition) is 1. The first kappa shape index (κ1) is 17.0. The van der Waals surface area contributed by atoms with Crippen LogP contribution in [0.3, 0.4) is 0 Å². The zero-order chi connectivity index (χ0) is 15.1. The highest BCUT2D eigenvalue weighted by Crippen LogP contribution is 2.35. The highest BCUT2D eigenvalue weighted by atomic mass is 35.5. The fourth-order valence-corrected chi connectivity index (χ4v) is 3.15. The predicted molar refractivity (Wildman–Crippen MR) is 87.4 cm³/mol. The predicted octanol–water partition coefficient (Wildman–Crippen LogP) is 3.57. The first-order chi connectivity index (χ1) is 10.2. The minimum Gasteiger partial charge on any atom is -0.383 e. The SMILES string of the molecule is COCCNCC1(Cc2ccc(Cl)c(Cl)c2)CCOCC1. The molecule has 0 spiro atoms. The highest BCUT2D eigenvalue weighted by Gasteiger charge is 2.32. The first-order valence-corrected chi connectivity index (χ1v) is 8.12. The molecule has 5 heteroatoms. The molecule has 0 radical (unpaired) electrons. The molecule has 21 heavy (non-hydrogen) atoms. The number of benzene rings is 1. The molecule has 0 saturated carbocycles. The van der Waals surface area contributed by atoms with Crippen LogP contribution in [0.5, 0.6) is 0 Å². The highest BCUT2D eigenvalue weighted by molar-refractivity contribution is 6.42. The lowest BCUT2D eigenvalue weighted by Crippen LogP contribution is -2.41. The van der Waals surface area contributed by atoms with Crippen LogP contribution in [-0.2, 0) is 15.9 Å². The van der Waals surface area contributed by atoms with Gasteiger partial charge in [0.05, 0.1) is 16.7 Å². The monoisotopic (exact) mass is 331 g/mol. The topological polar surface area (TPSA) is 30.5 Å². The summed E-state index contributed by atoms with van der Waals surface area (Å²) in [6.07, 6.45) is 3.12. The molecule has 1 aromatic carbocycles. The number of nitrogens with one attached hydrogen (secondary N) is 1. The maximum absolute atomic E-state index is 6.13. The molecule has 1 heterocycles. The van der Waals surface area contributed by atoms with E-state index in [0.717, 1.165) is 52.2 Å². The smallest absolute Gasteiger partial charge is 0.0595 e. The summed E-state index contributed by atoms with van der Waals surface area (Å²) in [4.78, 5) is 0. The number of halogens is 2. The molecular weight excluding hydrogens is 309 g/mol. The van der Waals surface area contributed by atoms with Crippen LogP contribution in [0.15, 0.2) is 18.2 Å². The Kier molecular flexibility index (Phi) is 6.77. The Bertz CT molecular complexity index is 448. The standard InChI is InChI=1S/C16H23Cl2NO2/c1-20-9-6-19-12-16(4-7-21-8-5-16)11-13-2-3-14(17)15(18)10-13/h2-3,10,19H,4-9,11-12H2,1H3. The van der Waals surface area contributed by atoms with Crippen LogP contribution in [0.25, 0.3) is 0 Å². The van der Waals surface area contributed by atoms with Gasteiger partial charge < -0.3 is 14.8 Å². The maximum Gasteiger partial charge on any atom is 0.0595 e. The van der Waals surface area contributed by atoms with E-state index in [0.29, 0.717) is 10.0 Å². The van der Waals surface area contributed by atoms with Gasteiger partial charge in [0.15, 0.2) is 0 Å². The van der Waals surface area contributed by atoms with Crippen molar-refractivity contribution in [3.8, 4) is 0 Å². The average molecular weight is 332 g/mol. The van der Waals surface area contributed by atoms with Crippen LogP contribution < -0.4 is 5.32 Å². The van der Waals surface area contributed by atoms with Crippen molar-refractivity contribution in [2.45, 2.75) is 19.3 Å². The number of rotatable bonds is 7. The summed E-state index contributed by atoms with van der Waals surface area (Å²) >= 11 is 12.1. The Hall–Kier alpha value is -0.320. The quantitative estimate of drug-likeness (QED) is 0.775. The van der Waals surface area contributed by atoms with Gasteiger partial charge in [-0.1, -0.05) is 29.3 Å². The van der Waals surface area contributed by atoms with Crippen molar-refractivity contribution in [2.75, 3.05) is 40.0 Å². The van der Waals surface area contributed by atoms with E-state index in [1.165, 1.54) is 5.56 Å². The third-order valence-corrected chi connectivity index (χ3v) is 4.84. The van der Waals surface area contributed by atoms with Crippen molar-refractivity contribution in [2.24, 2.45) is 5.41 Å². The van der Waals surface area contributed by atoms with E-state index >= 15 is 0 Å². The molecule has 0 unspecified atom stereocenters. The minimum atomic E-state index is 0.225. The van der Waals surface area contributed by atoms with Gasteiger partial charge in [0.2, 0.25) is 0 Å². The van der Waals surface area contributed by atoms with Gasteiger partial charge in [-0.2, -0.15) is 0 Å². The van der Waals surface area contributed by atoms with Crippen LogP contribution in [0.4, 0.5) is 0 Å². The zero-order valence-corrected chi connectivity index (χ0v) is 14.0. The molecule has 1 fully saturated rings. The van der Waals surface area contributed by atoms with E-state index in [2.05, 4.69) is 11.4 Å². The fourth-order valence-electron chi connectivity index (χ4n) is 2.83. The summed E-state index contributed by atoms with van der Waals surface area (Å²) < 4.78 is 10.6. The lowest BCUT2D eigenvalue weighted by molar-refractivity contribution is 0.0143. The van der Waals surface area contributed by atoms with Gasteiger partial charge in [0.25, 0.3) is 0 Å². The van der Waals surface area contributed by atoms with Crippen molar-refractivity contribution >= 4 is 23.2 Å². The van der Waals surface area contributed by atoms with Gasteiger partial charge in [-0.3, -0.25) is 0 Å². The molecule has 118 valence electrons. The van der Waals surface area contributed by atoms with Gasteiger partial charge >= 0.3 is 0 Å². The van der Waals surface area contributed by atoms with Gasteiger partial charge in [-0.05, 0) is 42.4 Å². The van der Waals surface area contributed by atoms with Crippen LogP contribution in [-0.4, -0.2) is 40.0 Å². The molecular formula is C16H23Cl2NO2. The van der Waals surface area contributed by atoms with E-state index in [1.807, 2.05) is 12.1 Å². The number of ether oxygens (including phenoxy) is 2. The summed E-state index contributed by atoms with van der Waals surface area (Å²) in [6.45, 7) is 4.24. The van der Waals surface area contributed by atoms with Crippen LogP contribution in [0.1, 0.15) is 18.4 Å². The molecule has 3 nitrogen and oxygen atoms in total. The zero-order valence-electron chi connectivity index (χ0n) is 12.5. The van der Waals surface area contributed by atoms with E-state index in [4.69, 9.17) is 32.7 Å². The fraction of sp³-hybridized carbons (Fsp3) is 0.625. The second-order valence-corrected chi connectivity index (χ2v) is 6.52. The van der Waals surface area contributed by atoms with Crippen molar-refractivity contribution in [1.82, 2.24) is 5.32 Å². The summed E-state index contributed by atoms with van der Waals surface area (Å²) in [5.41, 5.74) is 1.46. The molecule has 1 aliphatic rings. The molecule has 0 bridgehead atoms. The molecule has 0 amide bonds. The molecule has 1 saturated heterocycles. The molecule has 0 atom stereocenters. The Morgan fingerprint density at radius 3 is 2.67 bits per heavy atom. The van der Waals surface area contributed by atoms with Crippen LogP contribution >= 0.6 is 23.2 Å². The Morgan fingerprint density at radius 2 is 2.00 bits per heavy atom.